The molecule has 104 valence electrons. The average Bonchev–Trinajstić information content (AvgIpc) is 2.48. The Kier molecular flexibility index (Phi) is 3.72. The van der Waals surface area contributed by atoms with E-state index in [9.17, 15) is 9.18 Å². The second kappa shape index (κ2) is 5.66. The molecule has 3 rings (SSSR count). The highest BCUT2D eigenvalue weighted by molar-refractivity contribution is 6.30. The predicted molar refractivity (Wildman–Crippen MR) is 83.4 cm³/mol. The fourth-order valence-corrected chi connectivity index (χ4v) is 2.65. The third-order valence-corrected chi connectivity index (χ3v) is 3.66. The first-order valence-electron chi connectivity index (χ1n) is 6.60. The monoisotopic (exact) mass is 298 g/mol. The van der Waals surface area contributed by atoms with Crippen LogP contribution in [-0.2, 0) is 6.42 Å². The fraction of sp³-hybridized carbons (Fsp3) is 0.0556. The van der Waals surface area contributed by atoms with Gasteiger partial charge in [-0.05, 0) is 35.2 Å². The smallest absolute Gasteiger partial charge is 0.167 e. The van der Waals surface area contributed by atoms with E-state index in [4.69, 9.17) is 11.6 Å². The zero-order valence-corrected chi connectivity index (χ0v) is 11.9. The van der Waals surface area contributed by atoms with Crippen LogP contribution in [0.2, 0.25) is 5.02 Å². The van der Waals surface area contributed by atoms with Crippen molar-refractivity contribution < 1.29 is 9.18 Å². The number of ketones is 1. The highest BCUT2D eigenvalue weighted by Crippen LogP contribution is 2.23. The van der Waals surface area contributed by atoms with Crippen molar-refractivity contribution in [1.29, 1.82) is 0 Å². The summed E-state index contributed by atoms with van der Waals surface area (Å²) in [5.41, 5.74) is 1.38. The number of halogens is 2. The van der Waals surface area contributed by atoms with Gasteiger partial charge in [-0.25, -0.2) is 4.39 Å². The van der Waals surface area contributed by atoms with E-state index in [1.165, 1.54) is 6.07 Å². The number of Topliss-reactive ketones (excluding diaryl/α,β-unsaturated/α-hetero) is 1. The van der Waals surface area contributed by atoms with Crippen molar-refractivity contribution >= 4 is 28.2 Å². The fourth-order valence-electron chi connectivity index (χ4n) is 2.43. The van der Waals surface area contributed by atoms with E-state index < -0.39 is 0 Å². The SMILES string of the molecule is O=C(Cc1cccc(Cl)c1)c1ccc(F)c2ccccc12. The van der Waals surface area contributed by atoms with Crippen molar-refractivity contribution in [3.8, 4) is 0 Å². The summed E-state index contributed by atoms with van der Waals surface area (Å²) in [6.07, 6.45) is 0.246. The number of carbonyl (C=O) groups is 1. The van der Waals surface area contributed by atoms with E-state index in [0.29, 0.717) is 21.4 Å². The zero-order valence-electron chi connectivity index (χ0n) is 11.1. The van der Waals surface area contributed by atoms with E-state index in [1.54, 1.807) is 42.5 Å². The van der Waals surface area contributed by atoms with Crippen LogP contribution in [0.15, 0.2) is 60.7 Å². The summed E-state index contributed by atoms with van der Waals surface area (Å²) in [6, 6.07) is 17.1. The van der Waals surface area contributed by atoms with Gasteiger partial charge in [0.1, 0.15) is 5.82 Å². The van der Waals surface area contributed by atoms with Crippen LogP contribution in [0.25, 0.3) is 10.8 Å². The van der Waals surface area contributed by atoms with Crippen LogP contribution in [0.3, 0.4) is 0 Å². The van der Waals surface area contributed by atoms with Gasteiger partial charge in [-0.3, -0.25) is 4.79 Å². The van der Waals surface area contributed by atoms with Crippen molar-refractivity contribution in [2.24, 2.45) is 0 Å². The molecule has 0 unspecified atom stereocenters. The van der Waals surface area contributed by atoms with Gasteiger partial charge in [0, 0.05) is 22.4 Å². The van der Waals surface area contributed by atoms with Gasteiger partial charge in [0.2, 0.25) is 0 Å². The summed E-state index contributed by atoms with van der Waals surface area (Å²) in [5.74, 6) is -0.363. The summed E-state index contributed by atoms with van der Waals surface area (Å²) < 4.78 is 13.8. The molecule has 0 fully saturated rings. The first kappa shape index (κ1) is 13.8. The minimum atomic E-state index is -0.315. The van der Waals surface area contributed by atoms with Gasteiger partial charge >= 0.3 is 0 Å². The summed E-state index contributed by atoms with van der Waals surface area (Å²) in [6.45, 7) is 0. The molecule has 21 heavy (non-hydrogen) atoms. The van der Waals surface area contributed by atoms with Gasteiger partial charge in [-0.15, -0.1) is 0 Å². The van der Waals surface area contributed by atoms with Crippen LogP contribution in [0, 0.1) is 5.82 Å². The van der Waals surface area contributed by atoms with E-state index in [1.807, 2.05) is 12.1 Å². The number of hydrogen-bond donors (Lipinski definition) is 0. The lowest BCUT2D eigenvalue weighted by molar-refractivity contribution is 0.0994. The van der Waals surface area contributed by atoms with E-state index >= 15 is 0 Å². The zero-order chi connectivity index (χ0) is 14.8. The third-order valence-electron chi connectivity index (χ3n) is 3.42. The Labute approximate surface area is 127 Å². The van der Waals surface area contributed by atoms with Crippen molar-refractivity contribution in [1.82, 2.24) is 0 Å². The molecule has 0 radical (unpaired) electrons. The van der Waals surface area contributed by atoms with Gasteiger partial charge in [-0.1, -0.05) is 48.0 Å². The molecule has 0 aliphatic rings. The van der Waals surface area contributed by atoms with E-state index in [-0.39, 0.29) is 18.0 Å². The van der Waals surface area contributed by atoms with Crippen LogP contribution < -0.4 is 0 Å². The highest BCUT2D eigenvalue weighted by atomic mass is 35.5. The Morgan fingerprint density at radius 1 is 0.952 bits per heavy atom. The van der Waals surface area contributed by atoms with Crippen LogP contribution in [-0.4, -0.2) is 5.78 Å². The van der Waals surface area contributed by atoms with Crippen molar-refractivity contribution in [2.75, 3.05) is 0 Å². The molecule has 0 aromatic heterocycles. The summed E-state index contributed by atoms with van der Waals surface area (Å²) >= 11 is 5.93. The lowest BCUT2D eigenvalue weighted by Crippen LogP contribution is -2.04. The molecular formula is C18H12ClFO. The Morgan fingerprint density at radius 3 is 2.48 bits per heavy atom. The maximum atomic E-state index is 13.8. The second-order valence-electron chi connectivity index (χ2n) is 4.87. The minimum absolute atomic E-state index is 0.0477. The molecule has 0 saturated heterocycles. The number of fused-ring (bicyclic) bond motifs is 1. The number of hydrogen-bond acceptors (Lipinski definition) is 1. The third kappa shape index (κ3) is 2.81. The van der Waals surface area contributed by atoms with Crippen LogP contribution in [0.1, 0.15) is 15.9 Å². The molecule has 3 aromatic rings. The van der Waals surface area contributed by atoms with Gasteiger partial charge in [-0.2, -0.15) is 0 Å². The average molecular weight is 299 g/mol. The van der Waals surface area contributed by atoms with Crippen molar-refractivity contribution in [2.45, 2.75) is 6.42 Å². The normalized spacial score (nSPS) is 10.8. The quantitative estimate of drug-likeness (QED) is 0.618. The van der Waals surface area contributed by atoms with Crippen molar-refractivity contribution in [3.63, 3.8) is 0 Å². The summed E-state index contributed by atoms with van der Waals surface area (Å²) in [7, 11) is 0. The molecule has 0 saturated carbocycles. The van der Waals surface area contributed by atoms with E-state index in [2.05, 4.69) is 0 Å². The lowest BCUT2D eigenvalue weighted by Gasteiger charge is -2.07. The molecule has 0 amide bonds. The second-order valence-corrected chi connectivity index (χ2v) is 5.31. The standard InChI is InChI=1S/C18H12ClFO/c19-13-5-3-4-12(10-13)11-18(21)16-8-9-17(20)15-7-2-1-6-14(15)16/h1-10H,11H2. The Hall–Kier alpha value is -2.19. The molecule has 0 aliphatic heterocycles. The summed E-state index contributed by atoms with van der Waals surface area (Å²) in [5, 5.41) is 1.71. The Morgan fingerprint density at radius 2 is 1.71 bits per heavy atom. The predicted octanol–water partition coefficient (Wildman–Crippen LogP) is 5.06. The first-order valence-corrected chi connectivity index (χ1v) is 6.98. The number of rotatable bonds is 3. The van der Waals surface area contributed by atoms with Crippen LogP contribution in [0.5, 0.6) is 0 Å². The van der Waals surface area contributed by atoms with E-state index in [0.717, 1.165) is 5.56 Å². The summed E-state index contributed by atoms with van der Waals surface area (Å²) in [4.78, 5) is 12.5. The van der Waals surface area contributed by atoms with Gasteiger partial charge < -0.3 is 0 Å². The topological polar surface area (TPSA) is 17.1 Å². The van der Waals surface area contributed by atoms with Crippen molar-refractivity contribution in [3.05, 3.63) is 82.6 Å². The molecule has 0 spiro atoms. The lowest BCUT2D eigenvalue weighted by atomic mass is 9.97. The number of carbonyl (C=O) groups excluding carboxylic acids is 1. The molecule has 0 N–H and O–H groups in total. The minimum Gasteiger partial charge on any atom is -0.294 e. The molecule has 3 heteroatoms. The molecule has 3 aromatic carbocycles. The maximum absolute atomic E-state index is 13.8. The van der Waals surface area contributed by atoms with Crippen LogP contribution in [0.4, 0.5) is 4.39 Å². The molecule has 0 atom stereocenters. The molecule has 1 nitrogen and oxygen atoms in total. The van der Waals surface area contributed by atoms with Gasteiger partial charge in [0.05, 0.1) is 0 Å². The molecule has 0 bridgehead atoms. The van der Waals surface area contributed by atoms with Crippen LogP contribution >= 0.6 is 11.6 Å². The molecular weight excluding hydrogens is 287 g/mol. The molecule has 0 aliphatic carbocycles. The molecule has 0 heterocycles. The highest BCUT2D eigenvalue weighted by Gasteiger charge is 2.13. The Bertz CT molecular complexity index is 826. The van der Waals surface area contributed by atoms with Gasteiger partial charge in [0.25, 0.3) is 0 Å². The first-order chi connectivity index (χ1) is 10.1. The largest absolute Gasteiger partial charge is 0.294 e. The van der Waals surface area contributed by atoms with Gasteiger partial charge in [0.15, 0.2) is 5.78 Å². The maximum Gasteiger partial charge on any atom is 0.167 e. The number of benzene rings is 3. The Balaban J connectivity index is 2.01.